The molecule has 0 saturated heterocycles. The first-order valence-corrected chi connectivity index (χ1v) is 8.39. The molecule has 17 heavy (non-hydrogen) atoms. The van der Waals surface area contributed by atoms with Crippen molar-refractivity contribution in [2.45, 2.75) is 26.3 Å². The summed E-state index contributed by atoms with van der Waals surface area (Å²) < 4.78 is 1.21. The number of rotatable bonds is 5. The Morgan fingerprint density at radius 3 is 2.41 bits per heavy atom. The molecule has 0 aliphatic rings. The summed E-state index contributed by atoms with van der Waals surface area (Å²) in [6.07, 6.45) is 1.15. The Balaban J connectivity index is 2.32. The molecule has 1 unspecified atom stereocenters. The maximum atomic E-state index is 3.64. The average Bonchev–Trinajstić information content (AvgIpc) is 2.90. The fourth-order valence-electron chi connectivity index (χ4n) is 1.84. The lowest BCUT2D eigenvalue weighted by atomic mass is 10.0. The van der Waals surface area contributed by atoms with Gasteiger partial charge in [0.25, 0.3) is 0 Å². The summed E-state index contributed by atoms with van der Waals surface area (Å²) in [6, 6.07) is 0.321. The minimum Gasteiger partial charge on any atom is -0.306 e. The number of hydrogen-bond acceptors (Lipinski definition) is 3. The second-order valence-corrected chi connectivity index (χ2v) is 6.41. The number of thiophene rings is 2. The van der Waals surface area contributed by atoms with E-state index in [0.29, 0.717) is 6.04 Å². The van der Waals surface area contributed by atoms with Crippen molar-refractivity contribution >= 4 is 38.6 Å². The van der Waals surface area contributed by atoms with E-state index in [4.69, 9.17) is 0 Å². The van der Waals surface area contributed by atoms with Crippen molar-refractivity contribution in [1.82, 2.24) is 5.32 Å². The van der Waals surface area contributed by atoms with Crippen LogP contribution in [0.3, 0.4) is 0 Å². The Morgan fingerprint density at radius 2 is 1.88 bits per heavy atom. The molecule has 2 aromatic heterocycles. The second-order valence-electron chi connectivity index (χ2n) is 4.07. The molecule has 0 radical (unpaired) electrons. The van der Waals surface area contributed by atoms with Gasteiger partial charge in [-0.25, -0.2) is 0 Å². The predicted octanol–water partition coefficient (Wildman–Crippen LogP) is 4.97. The average molecular weight is 330 g/mol. The van der Waals surface area contributed by atoms with Gasteiger partial charge in [0.1, 0.15) is 0 Å². The van der Waals surface area contributed by atoms with E-state index in [9.17, 15) is 0 Å². The van der Waals surface area contributed by atoms with E-state index >= 15 is 0 Å². The molecule has 0 bridgehead atoms. The first-order valence-electron chi connectivity index (χ1n) is 5.71. The van der Waals surface area contributed by atoms with E-state index in [0.717, 1.165) is 13.0 Å². The summed E-state index contributed by atoms with van der Waals surface area (Å²) in [5, 5.41) is 12.5. The number of nitrogens with one attached hydrogen (secondary N) is 1. The van der Waals surface area contributed by atoms with Crippen molar-refractivity contribution in [3.63, 3.8) is 0 Å². The van der Waals surface area contributed by atoms with Crippen molar-refractivity contribution in [1.29, 1.82) is 0 Å². The van der Waals surface area contributed by atoms with Gasteiger partial charge in [0.2, 0.25) is 0 Å². The van der Waals surface area contributed by atoms with E-state index in [1.807, 2.05) is 0 Å². The first-order chi connectivity index (χ1) is 8.24. The Labute approximate surface area is 119 Å². The quantitative estimate of drug-likeness (QED) is 0.816. The Kier molecular flexibility index (Phi) is 4.79. The van der Waals surface area contributed by atoms with Gasteiger partial charge in [-0.05, 0) is 68.6 Å². The molecule has 0 aromatic carbocycles. The van der Waals surface area contributed by atoms with Gasteiger partial charge in [0.05, 0.1) is 6.04 Å². The van der Waals surface area contributed by atoms with Gasteiger partial charge in [-0.2, -0.15) is 22.7 Å². The Morgan fingerprint density at radius 1 is 1.18 bits per heavy atom. The molecule has 0 aliphatic heterocycles. The van der Waals surface area contributed by atoms with Crippen LogP contribution < -0.4 is 5.32 Å². The van der Waals surface area contributed by atoms with E-state index in [1.165, 1.54) is 21.2 Å². The van der Waals surface area contributed by atoms with Gasteiger partial charge >= 0.3 is 0 Å². The normalized spacial score (nSPS) is 12.9. The van der Waals surface area contributed by atoms with Crippen LogP contribution in [0.2, 0.25) is 0 Å². The highest BCUT2D eigenvalue weighted by molar-refractivity contribution is 9.10. The molecule has 0 aliphatic carbocycles. The molecular formula is C13H16BrNS2. The molecule has 1 nitrogen and oxygen atoms in total. The third kappa shape index (κ3) is 2.99. The molecule has 1 N–H and O–H groups in total. The monoisotopic (exact) mass is 329 g/mol. The minimum absolute atomic E-state index is 0.321. The molecule has 2 rings (SSSR count). The van der Waals surface area contributed by atoms with Crippen LogP contribution in [0.15, 0.2) is 26.0 Å². The summed E-state index contributed by atoms with van der Waals surface area (Å²) in [6.45, 7) is 5.43. The van der Waals surface area contributed by atoms with E-state index < -0.39 is 0 Å². The largest absolute Gasteiger partial charge is 0.306 e. The molecule has 1 atom stereocenters. The Hall–Kier alpha value is -0.160. The van der Waals surface area contributed by atoms with Gasteiger partial charge in [-0.15, -0.1) is 0 Å². The van der Waals surface area contributed by atoms with Crippen molar-refractivity contribution < 1.29 is 0 Å². The number of hydrogen-bond donors (Lipinski definition) is 1. The molecule has 4 heteroatoms. The van der Waals surface area contributed by atoms with Crippen LogP contribution in [-0.4, -0.2) is 6.54 Å². The third-order valence-corrected chi connectivity index (χ3v) is 5.39. The van der Waals surface area contributed by atoms with Crippen LogP contribution >= 0.6 is 38.6 Å². The van der Waals surface area contributed by atoms with Gasteiger partial charge in [0.15, 0.2) is 0 Å². The molecule has 0 spiro atoms. The van der Waals surface area contributed by atoms with Crippen LogP contribution in [0.4, 0.5) is 0 Å². The number of aryl methyl sites for hydroxylation is 1. The predicted molar refractivity (Wildman–Crippen MR) is 81.2 cm³/mol. The smallest absolute Gasteiger partial charge is 0.0607 e. The summed E-state index contributed by atoms with van der Waals surface area (Å²) >= 11 is 7.17. The van der Waals surface area contributed by atoms with Gasteiger partial charge in [-0.1, -0.05) is 6.92 Å². The van der Waals surface area contributed by atoms with Gasteiger partial charge in [-0.3, -0.25) is 0 Å². The maximum Gasteiger partial charge on any atom is 0.0607 e. The fraction of sp³-hybridized carbons (Fsp3) is 0.385. The van der Waals surface area contributed by atoms with Crippen LogP contribution in [-0.2, 0) is 0 Å². The summed E-state index contributed by atoms with van der Waals surface area (Å²) in [7, 11) is 0. The summed E-state index contributed by atoms with van der Waals surface area (Å²) in [4.78, 5) is 0. The number of halogens is 1. The second kappa shape index (κ2) is 6.14. The van der Waals surface area contributed by atoms with Crippen molar-refractivity contribution in [3.05, 3.63) is 42.7 Å². The lowest BCUT2D eigenvalue weighted by molar-refractivity contribution is 0.597. The lowest BCUT2D eigenvalue weighted by Crippen LogP contribution is -2.23. The standard InChI is InChI=1S/C13H16BrNS2/c1-3-4-15-13(10-6-16-5-9(10)2)11-7-17-8-12(11)14/h5-8,13,15H,3-4H2,1-2H3. The van der Waals surface area contributed by atoms with Crippen LogP contribution in [0.25, 0.3) is 0 Å². The summed E-state index contributed by atoms with van der Waals surface area (Å²) in [5.74, 6) is 0. The lowest BCUT2D eigenvalue weighted by Gasteiger charge is -2.18. The van der Waals surface area contributed by atoms with Crippen molar-refractivity contribution in [2.24, 2.45) is 0 Å². The fourth-order valence-corrected chi connectivity index (χ4v) is 4.27. The molecule has 0 saturated carbocycles. The zero-order chi connectivity index (χ0) is 12.3. The Bertz CT molecular complexity index is 435. The van der Waals surface area contributed by atoms with E-state index in [1.54, 1.807) is 22.7 Å². The summed E-state index contributed by atoms with van der Waals surface area (Å²) in [5.41, 5.74) is 4.13. The van der Waals surface area contributed by atoms with E-state index in [-0.39, 0.29) is 0 Å². The highest BCUT2D eigenvalue weighted by Gasteiger charge is 2.19. The van der Waals surface area contributed by atoms with Crippen LogP contribution in [0.1, 0.15) is 36.1 Å². The van der Waals surface area contributed by atoms with Gasteiger partial charge in [0, 0.05) is 9.85 Å². The highest BCUT2D eigenvalue weighted by atomic mass is 79.9. The van der Waals surface area contributed by atoms with Crippen molar-refractivity contribution in [2.75, 3.05) is 6.54 Å². The molecule has 0 amide bonds. The van der Waals surface area contributed by atoms with Crippen LogP contribution in [0, 0.1) is 6.92 Å². The van der Waals surface area contributed by atoms with Gasteiger partial charge < -0.3 is 5.32 Å². The first kappa shape index (κ1) is 13.3. The SMILES string of the molecule is CCCNC(c1cscc1C)c1cscc1Br. The maximum absolute atomic E-state index is 3.64. The molecule has 2 aromatic rings. The van der Waals surface area contributed by atoms with Crippen molar-refractivity contribution in [3.8, 4) is 0 Å². The zero-order valence-corrected chi connectivity index (χ0v) is 13.2. The third-order valence-electron chi connectivity index (χ3n) is 2.76. The molecule has 2 heterocycles. The van der Waals surface area contributed by atoms with E-state index in [2.05, 4.69) is 56.6 Å². The topological polar surface area (TPSA) is 12.0 Å². The molecular weight excluding hydrogens is 314 g/mol. The molecule has 92 valence electrons. The molecule has 0 fully saturated rings. The zero-order valence-electron chi connectivity index (χ0n) is 10.00. The highest BCUT2D eigenvalue weighted by Crippen LogP contribution is 2.34. The van der Waals surface area contributed by atoms with Crippen LogP contribution in [0.5, 0.6) is 0 Å². The minimum atomic E-state index is 0.321.